The van der Waals surface area contributed by atoms with Crippen LogP contribution in [0.25, 0.3) is 11.0 Å². The van der Waals surface area contributed by atoms with Gasteiger partial charge >= 0.3 is 0 Å². The summed E-state index contributed by atoms with van der Waals surface area (Å²) in [6.45, 7) is 0. The van der Waals surface area contributed by atoms with Gasteiger partial charge in [-0.2, -0.15) is 0 Å². The number of fused-ring (bicyclic) bond motifs is 1. The number of hydrogen-bond donors (Lipinski definition) is 3. The molecule has 0 aliphatic heterocycles. The van der Waals surface area contributed by atoms with Crippen LogP contribution >= 0.6 is 0 Å². The number of aromatic nitrogens is 4. The average Bonchev–Trinajstić information content (AvgIpc) is 2.93. The van der Waals surface area contributed by atoms with Crippen LogP contribution in [-0.2, 0) is 10.9 Å². The van der Waals surface area contributed by atoms with Gasteiger partial charge in [-0.15, -0.1) is 0 Å². The molecule has 0 aliphatic carbocycles. The highest BCUT2D eigenvalue weighted by molar-refractivity contribution is 7.74. The average molecular weight is 530 g/mol. The number of methoxy groups -OCH3 is 2. The van der Waals surface area contributed by atoms with E-state index in [1.54, 1.807) is 87.4 Å². The van der Waals surface area contributed by atoms with Crippen LogP contribution in [0.3, 0.4) is 0 Å². The third-order valence-corrected chi connectivity index (χ3v) is 6.20. The van der Waals surface area contributed by atoms with Crippen molar-refractivity contribution in [1.82, 2.24) is 19.9 Å². The van der Waals surface area contributed by atoms with E-state index in [-0.39, 0.29) is 11.6 Å². The third-order valence-electron chi connectivity index (χ3n) is 5.46. The van der Waals surface area contributed by atoms with Crippen LogP contribution in [0.2, 0.25) is 0 Å². The van der Waals surface area contributed by atoms with Crippen LogP contribution in [0.4, 0.5) is 34.5 Å². The maximum absolute atomic E-state index is 12.7. The molecule has 0 aliphatic rings. The number of ether oxygens (including phenoxy) is 2. The molecule has 12 heteroatoms. The molecule has 0 saturated heterocycles. The molecular formula is C26H23N7O4S. The van der Waals surface area contributed by atoms with Crippen LogP contribution in [0.5, 0.6) is 11.5 Å². The second-order valence-corrected chi connectivity index (χ2v) is 8.80. The monoisotopic (exact) mass is 529 g/mol. The summed E-state index contributed by atoms with van der Waals surface area (Å²) >= 11 is 0. The van der Waals surface area contributed by atoms with Crippen LogP contribution in [0.1, 0.15) is 0 Å². The lowest BCUT2D eigenvalue weighted by Crippen LogP contribution is -2.18. The van der Waals surface area contributed by atoms with Gasteiger partial charge < -0.3 is 20.1 Å². The molecule has 0 atom stereocenters. The minimum absolute atomic E-state index is 0.0956. The zero-order chi connectivity index (χ0) is 26.5. The fourth-order valence-electron chi connectivity index (χ4n) is 3.76. The van der Waals surface area contributed by atoms with Crippen molar-refractivity contribution in [2.24, 2.45) is 0 Å². The lowest BCUT2D eigenvalue weighted by molar-refractivity contribution is 0.395. The zero-order valence-corrected chi connectivity index (χ0v) is 21.3. The molecule has 0 bridgehead atoms. The second kappa shape index (κ2) is 11.0. The predicted octanol–water partition coefficient (Wildman–Crippen LogP) is 4.59. The van der Waals surface area contributed by atoms with E-state index < -0.39 is 10.9 Å². The molecule has 5 aromatic rings. The largest absolute Gasteiger partial charge is 0.497 e. The van der Waals surface area contributed by atoms with Crippen LogP contribution < -0.4 is 24.4 Å². The summed E-state index contributed by atoms with van der Waals surface area (Å²) in [5.41, 5.74) is 2.67. The van der Waals surface area contributed by atoms with Crippen molar-refractivity contribution < 1.29 is 17.9 Å². The van der Waals surface area contributed by atoms with E-state index in [0.29, 0.717) is 45.4 Å². The Hall–Kier alpha value is -4.97. The smallest absolute Gasteiger partial charge is 0.230 e. The predicted molar refractivity (Wildman–Crippen MR) is 147 cm³/mol. The van der Waals surface area contributed by atoms with Gasteiger partial charge in [-0.25, -0.2) is 27.7 Å². The number of hydrogen-bond acceptors (Lipinski definition) is 10. The molecule has 2 heterocycles. The molecule has 192 valence electrons. The molecule has 2 aromatic heterocycles. The minimum atomic E-state index is -3.17. The van der Waals surface area contributed by atoms with Crippen molar-refractivity contribution in [3.05, 3.63) is 85.3 Å². The molecule has 11 nitrogen and oxygen atoms in total. The Balaban J connectivity index is 1.62. The highest BCUT2D eigenvalue weighted by atomic mass is 32.2. The molecule has 5 rings (SSSR count). The van der Waals surface area contributed by atoms with E-state index in [9.17, 15) is 8.42 Å². The second-order valence-electron chi connectivity index (χ2n) is 7.93. The summed E-state index contributed by atoms with van der Waals surface area (Å²) in [4.78, 5) is 17.6. The first-order valence-corrected chi connectivity index (χ1v) is 12.5. The third kappa shape index (κ3) is 5.39. The van der Waals surface area contributed by atoms with Crippen LogP contribution in [0, 0.1) is 0 Å². The number of thiol groups is 1. The summed E-state index contributed by atoms with van der Waals surface area (Å²) in [6.07, 6.45) is 4.69. The fourth-order valence-corrected chi connectivity index (χ4v) is 4.37. The molecule has 0 unspecified atom stereocenters. The Labute approximate surface area is 220 Å². The van der Waals surface area contributed by atoms with E-state index in [0.717, 1.165) is 4.31 Å². The Bertz CT molecular complexity index is 1630. The van der Waals surface area contributed by atoms with Gasteiger partial charge in [-0.3, -0.25) is 4.98 Å². The SMILES string of the molecule is COc1cc(Nc2nc3ccccc3nc2N(c2cccc(Nc3cnccn3)c2)[SH](=O)=O)cc(OC)c1. The van der Waals surface area contributed by atoms with E-state index in [4.69, 9.17) is 14.5 Å². The summed E-state index contributed by atoms with van der Waals surface area (Å²) in [7, 11) is -0.0727. The maximum Gasteiger partial charge on any atom is 0.230 e. The summed E-state index contributed by atoms with van der Waals surface area (Å²) in [5, 5.41) is 6.32. The van der Waals surface area contributed by atoms with Crippen LogP contribution in [0.15, 0.2) is 85.3 Å². The number of nitrogens with one attached hydrogen (secondary N) is 2. The van der Waals surface area contributed by atoms with Gasteiger partial charge in [0.25, 0.3) is 0 Å². The molecule has 2 N–H and O–H groups in total. The highest BCUT2D eigenvalue weighted by Crippen LogP contribution is 2.36. The Kier molecular flexibility index (Phi) is 7.13. The Morgan fingerprint density at radius 2 is 1.53 bits per heavy atom. The van der Waals surface area contributed by atoms with Gasteiger partial charge in [0, 0.05) is 42.0 Å². The first kappa shape index (κ1) is 24.7. The number of rotatable bonds is 9. The van der Waals surface area contributed by atoms with Crippen molar-refractivity contribution in [3.8, 4) is 11.5 Å². The molecule has 38 heavy (non-hydrogen) atoms. The van der Waals surface area contributed by atoms with Crippen molar-refractivity contribution in [2.75, 3.05) is 29.2 Å². The molecule has 3 aromatic carbocycles. The highest BCUT2D eigenvalue weighted by Gasteiger charge is 2.21. The Morgan fingerprint density at radius 3 is 2.18 bits per heavy atom. The first-order valence-electron chi connectivity index (χ1n) is 11.4. The van der Waals surface area contributed by atoms with Crippen molar-refractivity contribution in [3.63, 3.8) is 0 Å². The van der Waals surface area contributed by atoms with Crippen molar-refractivity contribution >= 4 is 56.4 Å². The molecular weight excluding hydrogens is 506 g/mol. The quantitative estimate of drug-likeness (QED) is 0.233. The molecule has 0 saturated carbocycles. The lowest BCUT2D eigenvalue weighted by atomic mass is 10.2. The van der Waals surface area contributed by atoms with Crippen LogP contribution in [-0.4, -0.2) is 42.6 Å². The van der Waals surface area contributed by atoms with Gasteiger partial charge in [0.1, 0.15) is 17.3 Å². The number of benzene rings is 3. The minimum Gasteiger partial charge on any atom is -0.497 e. The zero-order valence-electron chi connectivity index (χ0n) is 20.4. The van der Waals surface area contributed by atoms with E-state index in [1.165, 1.54) is 0 Å². The number of para-hydroxylation sites is 2. The van der Waals surface area contributed by atoms with Crippen molar-refractivity contribution in [2.45, 2.75) is 0 Å². The molecule has 0 fully saturated rings. The Morgan fingerprint density at radius 1 is 0.789 bits per heavy atom. The van der Waals surface area contributed by atoms with Gasteiger partial charge in [0.05, 0.1) is 37.1 Å². The molecule has 0 amide bonds. The van der Waals surface area contributed by atoms with E-state index in [1.807, 2.05) is 12.1 Å². The summed E-state index contributed by atoms with van der Waals surface area (Å²) < 4.78 is 37.2. The van der Waals surface area contributed by atoms with E-state index >= 15 is 0 Å². The van der Waals surface area contributed by atoms with E-state index in [2.05, 4.69) is 25.6 Å². The number of anilines is 6. The normalized spacial score (nSPS) is 10.8. The summed E-state index contributed by atoms with van der Waals surface area (Å²) in [6, 6.07) is 19.3. The summed E-state index contributed by atoms with van der Waals surface area (Å²) in [5.74, 6) is 1.94. The van der Waals surface area contributed by atoms with Gasteiger partial charge in [-0.05, 0) is 30.3 Å². The van der Waals surface area contributed by atoms with Gasteiger partial charge in [-0.1, -0.05) is 18.2 Å². The topological polar surface area (TPSA) is 131 Å². The number of nitrogens with zero attached hydrogens (tertiary/aromatic N) is 5. The standard InChI is InChI=1S/C26H23N7O4S/c1-36-20-13-18(14-21(15-20)37-2)30-25-26(32-23-9-4-3-8-22(23)31-25)33(38(34)35)19-7-5-6-17(12-19)29-24-16-27-10-11-28-24/h3-16,38H,1-2H3,(H,28,29)(H,30,31). The molecule has 0 spiro atoms. The van der Waals surface area contributed by atoms with Gasteiger partial charge in [0.15, 0.2) is 11.6 Å². The maximum atomic E-state index is 12.7. The lowest BCUT2D eigenvalue weighted by Gasteiger charge is -2.21. The molecule has 0 radical (unpaired) electrons. The van der Waals surface area contributed by atoms with Gasteiger partial charge in [0.2, 0.25) is 10.9 Å². The fraction of sp³-hybridized carbons (Fsp3) is 0.0769. The first-order chi connectivity index (χ1) is 18.5. The van der Waals surface area contributed by atoms with Crippen molar-refractivity contribution in [1.29, 1.82) is 0 Å².